The molecular weight excluding hydrogens is 444 g/mol. The highest BCUT2D eigenvalue weighted by molar-refractivity contribution is 5.80. The molecular formula is C24H42N2O8. The van der Waals surface area contributed by atoms with E-state index in [1.807, 2.05) is 0 Å². The van der Waals surface area contributed by atoms with Crippen molar-refractivity contribution in [3.05, 3.63) is 12.3 Å². The zero-order valence-electron chi connectivity index (χ0n) is 21.2. The maximum atomic E-state index is 11.6. The Morgan fingerprint density at radius 3 is 1.62 bits per heavy atom. The second kappa shape index (κ2) is 12.3. The van der Waals surface area contributed by atoms with Crippen LogP contribution in [0.4, 0.5) is 9.59 Å². The molecule has 10 heteroatoms. The van der Waals surface area contributed by atoms with E-state index < -0.39 is 47.5 Å². The number of carbonyl (C=O) groups is 3. The molecule has 0 aromatic heterocycles. The second-order valence-corrected chi connectivity index (χ2v) is 11.1. The van der Waals surface area contributed by atoms with Gasteiger partial charge in [0.1, 0.15) is 29.1 Å². The van der Waals surface area contributed by atoms with Gasteiger partial charge < -0.3 is 35.4 Å². The number of carboxylic acids is 1. The van der Waals surface area contributed by atoms with Gasteiger partial charge in [-0.05, 0) is 66.2 Å². The minimum atomic E-state index is -1.15. The molecule has 2 aliphatic rings. The van der Waals surface area contributed by atoms with Crippen molar-refractivity contribution in [3.63, 3.8) is 0 Å². The number of carboxylic acid groups (broad SMARTS) is 1. The van der Waals surface area contributed by atoms with Gasteiger partial charge in [0.05, 0.1) is 6.04 Å². The lowest BCUT2D eigenvalue weighted by molar-refractivity contribution is -0.139. The van der Waals surface area contributed by atoms with Crippen LogP contribution in [-0.4, -0.2) is 62.9 Å². The molecule has 3 atom stereocenters. The largest absolute Gasteiger partial charge is 0.510 e. The van der Waals surface area contributed by atoms with Crippen molar-refractivity contribution in [2.45, 2.75) is 109 Å². The SMILES string of the molecule is C=C(O)C(O)C(CC1CC1)NC(=O)OC(C)(C)C.CC(C)(C)OC(=O)NC(CC1CC1)C(=O)O. The predicted octanol–water partition coefficient (Wildman–Crippen LogP) is 3.88. The summed E-state index contributed by atoms with van der Waals surface area (Å²) in [5, 5.41) is 32.9. The molecule has 0 heterocycles. The molecule has 0 radical (unpaired) electrons. The van der Waals surface area contributed by atoms with Crippen LogP contribution >= 0.6 is 0 Å². The highest BCUT2D eigenvalue weighted by atomic mass is 16.6. The quantitative estimate of drug-likeness (QED) is 0.308. The van der Waals surface area contributed by atoms with Crippen LogP contribution in [0.5, 0.6) is 0 Å². The van der Waals surface area contributed by atoms with E-state index in [1.165, 1.54) is 0 Å². The summed E-state index contributed by atoms with van der Waals surface area (Å²) in [6.45, 7) is 13.8. The molecule has 0 aromatic rings. The average Bonchev–Trinajstić information content (AvgIpc) is 3.53. The fourth-order valence-corrected chi connectivity index (χ4v) is 3.03. The summed E-state index contributed by atoms with van der Waals surface area (Å²) in [4.78, 5) is 33.9. The topological polar surface area (TPSA) is 154 Å². The Labute approximate surface area is 202 Å². The third-order valence-electron chi connectivity index (χ3n) is 4.96. The molecule has 2 rings (SSSR count). The van der Waals surface area contributed by atoms with E-state index in [-0.39, 0.29) is 5.76 Å². The van der Waals surface area contributed by atoms with Gasteiger partial charge in [0.25, 0.3) is 0 Å². The first-order valence-corrected chi connectivity index (χ1v) is 11.7. The van der Waals surface area contributed by atoms with E-state index in [4.69, 9.17) is 14.6 Å². The summed E-state index contributed by atoms with van der Waals surface area (Å²) in [6.07, 6.45) is 3.01. The van der Waals surface area contributed by atoms with Crippen LogP contribution in [0.1, 0.15) is 80.1 Å². The van der Waals surface area contributed by atoms with Gasteiger partial charge in [0.15, 0.2) is 0 Å². The normalized spacial score (nSPS) is 18.3. The monoisotopic (exact) mass is 486 g/mol. The minimum Gasteiger partial charge on any atom is -0.510 e. The Morgan fingerprint density at radius 2 is 1.26 bits per heavy atom. The molecule has 3 unspecified atom stereocenters. The smallest absolute Gasteiger partial charge is 0.408 e. The van der Waals surface area contributed by atoms with Gasteiger partial charge in [-0.2, -0.15) is 0 Å². The van der Waals surface area contributed by atoms with Gasteiger partial charge in [0, 0.05) is 0 Å². The predicted molar refractivity (Wildman–Crippen MR) is 126 cm³/mol. The molecule has 34 heavy (non-hydrogen) atoms. The molecule has 0 bridgehead atoms. The van der Waals surface area contributed by atoms with Crippen molar-refractivity contribution >= 4 is 18.2 Å². The van der Waals surface area contributed by atoms with Gasteiger partial charge >= 0.3 is 18.2 Å². The Balaban J connectivity index is 0.000000342. The number of aliphatic hydroxyl groups excluding tert-OH is 2. The van der Waals surface area contributed by atoms with Gasteiger partial charge in [-0.15, -0.1) is 0 Å². The Hall–Kier alpha value is -2.49. The number of hydrogen-bond donors (Lipinski definition) is 5. The number of nitrogens with one attached hydrogen (secondary N) is 2. The van der Waals surface area contributed by atoms with E-state index in [2.05, 4.69) is 17.2 Å². The van der Waals surface area contributed by atoms with E-state index >= 15 is 0 Å². The molecule has 2 fully saturated rings. The Bertz CT molecular complexity index is 717. The highest BCUT2D eigenvalue weighted by Gasteiger charge is 2.33. The van der Waals surface area contributed by atoms with Crippen LogP contribution in [0.15, 0.2) is 12.3 Å². The number of amides is 2. The summed E-state index contributed by atoms with van der Waals surface area (Å²) in [5.74, 6) is -0.399. The van der Waals surface area contributed by atoms with Crippen LogP contribution in [0, 0.1) is 11.8 Å². The fourth-order valence-electron chi connectivity index (χ4n) is 3.03. The molecule has 2 saturated carbocycles. The lowest BCUT2D eigenvalue weighted by Crippen LogP contribution is -2.46. The van der Waals surface area contributed by atoms with E-state index in [0.29, 0.717) is 24.7 Å². The van der Waals surface area contributed by atoms with Gasteiger partial charge in [-0.3, -0.25) is 0 Å². The molecule has 10 nitrogen and oxygen atoms in total. The van der Waals surface area contributed by atoms with E-state index in [1.54, 1.807) is 41.5 Å². The lowest BCUT2D eigenvalue weighted by atomic mass is 10.0. The average molecular weight is 487 g/mol. The minimum absolute atomic E-state index is 0.336. The molecule has 0 aliphatic heterocycles. The van der Waals surface area contributed by atoms with Crippen LogP contribution in [0.2, 0.25) is 0 Å². The first-order valence-electron chi connectivity index (χ1n) is 11.7. The van der Waals surface area contributed by atoms with Gasteiger partial charge in [-0.25, -0.2) is 14.4 Å². The number of rotatable bonds is 9. The summed E-state index contributed by atoms with van der Waals surface area (Å²) in [6, 6.07) is -1.38. The molecule has 0 spiro atoms. The van der Waals surface area contributed by atoms with Gasteiger partial charge in [-0.1, -0.05) is 32.3 Å². The molecule has 0 saturated heterocycles. The number of aliphatic carboxylic acids is 1. The second-order valence-electron chi connectivity index (χ2n) is 11.1. The molecule has 5 N–H and O–H groups in total. The van der Waals surface area contributed by atoms with Crippen molar-refractivity contribution in [1.29, 1.82) is 0 Å². The number of alkyl carbamates (subject to hydrolysis) is 2. The maximum Gasteiger partial charge on any atom is 0.408 e. The molecule has 2 aliphatic carbocycles. The first-order chi connectivity index (χ1) is 15.5. The van der Waals surface area contributed by atoms with E-state index in [9.17, 15) is 24.6 Å². The summed E-state index contributed by atoms with van der Waals surface area (Å²) in [5.41, 5.74) is -1.19. The van der Waals surface area contributed by atoms with Crippen molar-refractivity contribution in [2.75, 3.05) is 0 Å². The third-order valence-corrected chi connectivity index (χ3v) is 4.96. The summed E-state index contributed by atoms with van der Waals surface area (Å²) in [7, 11) is 0. The van der Waals surface area contributed by atoms with E-state index in [0.717, 1.165) is 25.7 Å². The molecule has 2 amide bonds. The zero-order chi connectivity index (χ0) is 26.3. The Kier molecular flexibility index (Phi) is 10.7. The lowest BCUT2D eigenvalue weighted by Gasteiger charge is -2.26. The number of carbonyl (C=O) groups excluding carboxylic acids is 2. The zero-order valence-corrected chi connectivity index (χ0v) is 21.2. The van der Waals surface area contributed by atoms with Crippen molar-refractivity contribution in [1.82, 2.24) is 10.6 Å². The van der Waals surface area contributed by atoms with Crippen LogP contribution in [-0.2, 0) is 14.3 Å². The maximum absolute atomic E-state index is 11.6. The highest BCUT2D eigenvalue weighted by Crippen LogP contribution is 2.35. The summed E-state index contributed by atoms with van der Waals surface area (Å²) >= 11 is 0. The number of hydrogen-bond acceptors (Lipinski definition) is 7. The first kappa shape index (κ1) is 29.5. The van der Waals surface area contributed by atoms with Crippen LogP contribution in [0.25, 0.3) is 0 Å². The fraction of sp³-hybridized carbons (Fsp3) is 0.792. The standard InChI is InChI=1S/C13H23NO4.C11H19NO4/c1-8(15)11(16)10(7-9-5-6-9)14-12(17)18-13(2,3)4;1-11(2,3)16-10(15)12-8(9(13)14)6-7-4-5-7/h9-11,15-16H,1,5-7H2,2-4H3,(H,14,17);7-8H,4-6H2,1-3H3,(H,12,15)(H,13,14). The van der Waals surface area contributed by atoms with Crippen molar-refractivity contribution < 1.29 is 39.2 Å². The van der Waals surface area contributed by atoms with Crippen LogP contribution < -0.4 is 10.6 Å². The van der Waals surface area contributed by atoms with Crippen molar-refractivity contribution in [3.8, 4) is 0 Å². The third kappa shape index (κ3) is 13.9. The Morgan fingerprint density at radius 1 is 0.853 bits per heavy atom. The number of ether oxygens (including phenoxy) is 2. The summed E-state index contributed by atoms with van der Waals surface area (Å²) < 4.78 is 10.1. The van der Waals surface area contributed by atoms with Crippen molar-refractivity contribution in [2.24, 2.45) is 11.8 Å². The molecule has 0 aromatic carbocycles. The van der Waals surface area contributed by atoms with Crippen LogP contribution in [0.3, 0.4) is 0 Å². The molecule has 196 valence electrons. The van der Waals surface area contributed by atoms with Gasteiger partial charge in [0.2, 0.25) is 0 Å². The number of aliphatic hydroxyl groups is 2.